The van der Waals surface area contributed by atoms with Gasteiger partial charge < -0.3 is 14.6 Å². The molecule has 96 valence electrons. The van der Waals surface area contributed by atoms with Crippen molar-refractivity contribution >= 4 is 27.3 Å². The SMILES string of the molecule is COc1ccc(C(O)c2nccs2)c(OC)c1Br. The molecule has 0 spiro atoms. The zero-order chi connectivity index (χ0) is 13.1. The topological polar surface area (TPSA) is 51.6 Å². The molecule has 1 aromatic carbocycles. The van der Waals surface area contributed by atoms with Crippen molar-refractivity contribution in [1.82, 2.24) is 4.98 Å². The third-order valence-corrected chi connectivity index (χ3v) is 4.07. The van der Waals surface area contributed by atoms with Gasteiger partial charge in [-0.1, -0.05) is 0 Å². The van der Waals surface area contributed by atoms with E-state index in [0.717, 1.165) is 0 Å². The first-order chi connectivity index (χ1) is 8.69. The highest BCUT2D eigenvalue weighted by Crippen LogP contribution is 2.41. The quantitative estimate of drug-likeness (QED) is 0.936. The van der Waals surface area contributed by atoms with Crippen LogP contribution in [-0.2, 0) is 0 Å². The van der Waals surface area contributed by atoms with E-state index in [9.17, 15) is 5.11 Å². The Balaban J connectivity index is 2.48. The van der Waals surface area contributed by atoms with Gasteiger partial charge in [-0.3, -0.25) is 0 Å². The normalized spacial score (nSPS) is 12.2. The van der Waals surface area contributed by atoms with Gasteiger partial charge in [-0.05, 0) is 28.1 Å². The summed E-state index contributed by atoms with van der Waals surface area (Å²) in [4.78, 5) is 4.11. The van der Waals surface area contributed by atoms with Crippen molar-refractivity contribution in [2.24, 2.45) is 0 Å². The van der Waals surface area contributed by atoms with E-state index in [1.807, 2.05) is 5.38 Å². The highest BCUT2D eigenvalue weighted by atomic mass is 79.9. The van der Waals surface area contributed by atoms with Crippen LogP contribution in [0.4, 0.5) is 0 Å². The van der Waals surface area contributed by atoms with E-state index < -0.39 is 6.10 Å². The summed E-state index contributed by atoms with van der Waals surface area (Å²) in [6.45, 7) is 0. The second-order valence-corrected chi connectivity index (χ2v) is 5.20. The van der Waals surface area contributed by atoms with E-state index in [2.05, 4.69) is 20.9 Å². The van der Waals surface area contributed by atoms with Crippen LogP contribution >= 0.6 is 27.3 Å². The summed E-state index contributed by atoms with van der Waals surface area (Å²) in [6.07, 6.45) is 0.857. The summed E-state index contributed by atoms with van der Waals surface area (Å²) in [5.41, 5.74) is 0.653. The molecule has 6 heteroatoms. The lowest BCUT2D eigenvalue weighted by Crippen LogP contribution is -2.03. The standard InChI is InChI=1S/C12H12BrNO3S/c1-16-8-4-3-7(11(17-2)9(8)13)10(15)12-14-5-6-18-12/h3-6,10,15H,1-2H3. The van der Waals surface area contributed by atoms with E-state index in [-0.39, 0.29) is 0 Å². The van der Waals surface area contributed by atoms with Crippen LogP contribution in [0.2, 0.25) is 0 Å². The first-order valence-electron chi connectivity index (χ1n) is 5.16. The average Bonchev–Trinajstić information content (AvgIpc) is 2.91. The molecule has 0 aliphatic rings. The van der Waals surface area contributed by atoms with E-state index in [1.54, 1.807) is 32.5 Å². The number of rotatable bonds is 4. The average molecular weight is 330 g/mol. The third-order valence-electron chi connectivity index (χ3n) is 2.50. The predicted molar refractivity (Wildman–Crippen MR) is 73.4 cm³/mol. The van der Waals surface area contributed by atoms with Gasteiger partial charge in [0, 0.05) is 17.1 Å². The Kier molecular flexibility index (Phi) is 4.21. The number of ether oxygens (including phenoxy) is 2. The maximum atomic E-state index is 10.3. The summed E-state index contributed by atoms with van der Waals surface area (Å²) >= 11 is 4.80. The molecule has 1 N–H and O–H groups in total. The van der Waals surface area contributed by atoms with Crippen LogP contribution in [0.25, 0.3) is 0 Å². The van der Waals surface area contributed by atoms with Crippen LogP contribution in [-0.4, -0.2) is 24.3 Å². The van der Waals surface area contributed by atoms with E-state index >= 15 is 0 Å². The molecule has 2 aromatic rings. The molecule has 18 heavy (non-hydrogen) atoms. The van der Waals surface area contributed by atoms with E-state index in [0.29, 0.717) is 26.5 Å². The monoisotopic (exact) mass is 329 g/mol. The van der Waals surface area contributed by atoms with Crippen molar-refractivity contribution in [1.29, 1.82) is 0 Å². The van der Waals surface area contributed by atoms with Gasteiger partial charge in [0.25, 0.3) is 0 Å². The van der Waals surface area contributed by atoms with Crippen molar-refractivity contribution < 1.29 is 14.6 Å². The van der Waals surface area contributed by atoms with Crippen molar-refractivity contribution in [3.63, 3.8) is 0 Å². The number of hydrogen-bond acceptors (Lipinski definition) is 5. The molecule has 0 aliphatic heterocycles. The summed E-state index contributed by atoms with van der Waals surface area (Å²) in [7, 11) is 3.13. The molecular weight excluding hydrogens is 318 g/mol. The fourth-order valence-electron chi connectivity index (χ4n) is 1.64. The van der Waals surface area contributed by atoms with Gasteiger partial charge in [0.15, 0.2) is 0 Å². The highest BCUT2D eigenvalue weighted by molar-refractivity contribution is 9.10. The number of hydrogen-bond donors (Lipinski definition) is 1. The molecule has 1 heterocycles. The first kappa shape index (κ1) is 13.3. The smallest absolute Gasteiger partial charge is 0.143 e. The number of halogens is 1. The van der Waals surface area contributed by atoms with Gasteiger partial charge >= 0.3 is 0 Å². The molecule has 4 nitrogen and oxygen atoms in total. The van der Waals surface area contributed by atoms with Crippen LogP contribution < -0.4 is 9.47 Å². The Morgan fingerprint density at radius 2 is 2.11 bits per heavy atom. The van der Waals surface area contributed by atoms with Gasteiger partial charge in [-0.2, -0.15) is 0 Å². The first-order valence-corrected chi connectivity index (χ1v) is 6.84. The Hall–Kier alpha value is -1.11. The summed E-state index contributed by atoms with van der Waals surface area (Å²) in [6, 6.07) is 3.55. The Bertz CT molecular complexity index is 530. The minimum absolute atomic E-state index is 0.553. The predicted octanol–water partition coefficient (Wildman–Crippen LogP) is 3.00. The van der Waals surface area contributed by atoms with Crippen LogP contribution in [0.15, 0.2) is 28.2 Å². The molecule has 0 bridgehead atoms. The van der Waals surface area contributed by atoms with Gasteiger partial charge in [-0.15, -0.1) is 11.3 Å². The van der Waals surface area contributed by atoms with Crippen molar-refractivity contribution in [2.75, 3.05) is 14.2 Å². The van der Waals surface area contributed by atoms with Crippen LogP contribution in [0.5, 0.6) is 11.5 Å². The number of nitrogens with zero attached hydrogens (tertiary/aromatic N) is 1. The van der Waals surface area contributed by atoms with Crippen molar-refractivity contribution in [3.8, 4) is 11.5 Å². The number of aliphatic hydroxyl groups excluding tert-OH is 1. The molecule has 1 atom stereocenters. The van der Waals surface area contributed by atoms with Crippen LogP contribution in [0, 0.1) is 0 Å². The maximum Gasteiger partial charge on any atom is 0.143 e. The lowest BCUT2D eigenvalue weighted by Gasteiger charge is -2.16. The summed E-state index contributed by atoms with van der Waals surface area (Å²) in [5, 5.41) is 12.7. The van der Waals surface area contributed by atoms with Gasteiger partial charge in [0.05, 0.1) is 14.2 Å². The Labute approximate surface area is 117 Å². The maximum absolute atomic E-state index is 10.3. The van der Waals surface area contributed by atoms with Gasteiger partial charge in [-0.25, -0.2) is 4.98 Å². The summed E-state index contributed by atoms with van der Waals surface area (Å²) in [5.74, 6) is 1.21. The fourth-order valence-corrected chi connectivity index (χ4v) is 2.96. The lowest BCUT2D eigenvalue weighted by molar-refractivity contribution is 0.213. The Morgan fingerprint density at radius 3 is 2.67 bits per heavy atom. The van der Waals surface area contributed by atoms with E-state index in [4.69, 9.17) is 9.47 Å². The van der Waals surface area contributed by atoms with Gasteiger partial charge in [0.2, 0.25) is 0 Å². The molecule has 2 rings (SSSR count). The zero-order valence-corrected chi connectivity index (χ0v) is 12.3. The minimum Gasteiger partial charge on any atom is -0.495 e. The number of aliphatic hydroxyl groups is 1. The molecule has 0 radical (unpaired) electrons. The second-order valence-electron chi connectivity index (χ2n) is 3.48. The number of thiazole rings is 1. The third kappa shape index (κ3) is 2.36. The number of methoxy groups -OCH3 is 2. The molecule has 0 amide bonds. The van der Waals surface area contributed by atoms with Crippen molar-refractivity contribution in [3.05, 3.63) is 38.8 Å². The largest absolute Gasteiger partial charge is 0.495 e. The second kappa shape index (κ2) is 5.69. The molecule has 0 saturated carbocycles. The molecular formula is C12H12BrNO3S. The van der Waals surface area contributed by atoms with Crippen molar-refractivity contribution in [2.45, 2.75) is 6.10 Å². The number of benzene rings is 1. The molecule has 1 unspecified atom stereocenters. The molecule has 0 fully saturated rings. The minimum atomic E-state index is -0.804. The highest BCUT2D eigenvalue weighted by Gasteiger charge is 2.21. The zero-order valence-electron chi connectivity index (χ0n) is 9.88. The fraction of sp³-hybridized carbons (Fsp3) is 0.250. The summed E-state index contributed by atoms with van der Waals surface area (Å²) < 4.78 is 11.2. The van der Waals surface area contributed by atoms with Crippen LogP contribution in [0.3, 0.4) is 0 Å². The lowest BCUT2D eigenvalue weighted by atomic mass is 10.1. The molecule has 0 aliphatic carbocycles. The number of aromatic nitrogens is 1. The van der Waals surface area contributed by atoms with E-state index in [1.165, 1.54) is 11.3 Å². The van der Waals surface area contributed by atoms with Gasteiger partial charge in [0.1, 0.15) is 27.1 Å². The Morgan fingerprint density at radius 1 is 1.33 bits per heavy atom. The molecule has 0 saturated heterocycles. The van der Waals surface area contributed by atoms with Crippen LogP contribution in [0.1, 0.15) is 16.7 Å². The molecule has 1 aromatic heterocycles.